The SMILES string of the molecule is CC(C)(C)OC(=O)N[C@@H](CCCNC(N)=O)C(=O)Cc1c(F)cc(C(=O)O)cc1F. The molecule has 0 radical (unpaired) electrons. The van der Waals surface area contributed by atoms with E-state index in [1.807, 2.05) is 0 Å². The minimum absolute atomic E-state index is 0.0365. The van der Waals surface area contributed by atoms with E-state index in [-0.39, 0.29) is 19.4 Å². The molecule has 1 aromatic carbocycles. The number of carboxylic acid groups (broad SMARTS) is 1. The number of benzene rings is 1. The van der Waals surface area contributed by atoms with Gasteiger partial charge in [0.25, 0.3) is 0 Å². The summed E-state index contributed by atoms with van der Waals surface area (Å²) in [6, 6.07) is -0.699. The standard InChI is InChI=1S/C19H25F2N3O6/c1-19(2,3)30-18(29)24-14(5-4-6-23-17(22)28)15(25)9-11-12(20)7-10(16(26)27)8-13(11)21/h7-8,14H,4-6,9H2,1-3H3,(H,24,29)(H,26,27)(H3,22,23,28)/t14-/m0/s1. The van der Waals surface area contributed by atoms with Crippen LogP contribution in [0.5, 0.6) is 0 Å². The molecule has 166 valence electrons. The van der Waals surface area contributed by atoms with Gasteiger partial charge in [0.2, 0.25) is 0 Å². The van der Waals surface area contributed by atoms with Crippen LogP contribution >= 0.6 is 0 Å². The fourth-order valence-electron chi connectivity index (χ4n) is 2.47. The number of carbonyl (C=O) groups excluding carboxylic acids is 3. The van der Waals surface area contributed by atoms with Gasteiger partial charge in [-0.25, -0.2) is 23.2 Å². The summed E-state index contributed by atoms with van der Waals surface area (Å²) >= 11 is 0. The van der Waals surface area contributed by atoms with Crippen molar-refractivity contribution in [3.05, 3.63) is 34.9 Å². The molecule has 0 aromatic heterocycles. The lowest BCUT2D eigenvalue weighted by atomic mass is 9.98. The number of alkyl carbamates (subject to hydrolysis) is 1. The summed E-state index contributed by atoms with van der Waals surface area (Å²) < 4.78 is 33.4. The molecule has 0 unspecified atom stereocenters. The van der Waals surface area contributed by atoms with E-state index in [9.17, 15) is 28.0 Å². The Bertz CT molecular complexity index is 800. The second-order valence-electron chi connectivity index (χ2n) is 7.50. The molecule has 30 heavy (non-hydrogen) atoms. The number of hydrogen-bond donors (Lipinski definition) is 4. The van der Waals surface area contributed by atoms with Crippen molar-refractivity contribution in [2.75, 3.05) is 6.54 Å². The number of Topliss-reactive ketones (excluding diaryl/α,β-unsaturated/α-hetero) is 1. The summed E-state index contributed by atoms with van der Waals surface area (Å²) in [4.78, 5) is 46.3. The molecule has 5 N–H and O–H groups in total. The molecule has 9 nitrogen and oxygen atoms in total. The Labute approximate surface area is 172 Å². The Morgan fingerprint density at radius 2 is 1.73 bits per heavy atom. The van der Waals surface area contributed by atoms with Crippen LogP contribution in [0.2, 0.25) is 0 Å². The molecule has 3 amide bonds. The van der Waals surface area contributed by atoms with E-state index in [2.05, 4.69) is 10.6 Å². The van der Waals surface area contributed by atoms with Crippen molar-refractivity contribution in [2.24, 2.45) is 5.73 Å². The smallest absolute Gasteiger partial charge is 0.408 e. The van der Waals surface area contributed by atoms with Gasteiger partial charge in [0, 0.05) is 18.5 Å². The quantitative estimate of drug-likeness (QED) is 0.442. The number of aromatic carboxylic acids is 1. The molecule has 1 atom stereocenters. The molecular formula is C19H25F2N3O6. The predicted octanol–water partition coefficient (Wildman–Crippen LogP) is 2.12. The second kappa shape index (κ2) is 10.5. The van der Waals surface area contributed by atoms with Crippen LogP contribution in [0.15, 0.2) is 12.1 Å². The van der Waals surface area contributed by atoms with Gasteiger partial charge in [-0.1, -0.05) is 0 Å². The van der Waals surface area contributed by atoms with Gasteiger partial charge in [0.15, 0.2) is 5.78 Å². The van der Waals surface area contributed by atoms with Crippen molar-refractivity contribution in [1.29, 1.82) is 0 Å². The second-order valence-corrected chi connectivity index (χ2v) is 7.50. The van der Waals surface area contributed by atoms with E-state index in [0.717, 1.165) is 0 Å². The number of rotatable bonds is 9. The number of ketones is 1. The maximum atomic E-state index is 14.1. The van der Waals surface area contributed by atoms with Crippen LogP contribution in [0.4, 0.5) is 18.4 Å². The van der Waals surface area contributed by atoms with E-state index in [1.54, 1.807) is 20.8 Å². The number of primary amides is 1. The number of hydrogen-bond acceptors (Lipinski definition) is 5. The van der Waals surface area contributed by atoms with E-state index >= 15 is 0 Å². The summed E-state index contributed by atoms with van der Waals surface area (Å²) in [7, 11) is 0. The number of ether oxygens (including phenoxy) is 1. The van der Waals surface area contributed by atoms with Crippen molar-refractivity contribution in [1.82, 2.24) is 10.6 Å². The van der Waals surface area contributed by atoms with Crippen LogP contribution in [0, 0.1) is 11.6 Å². The first-order chi connectivity index (χ1) is 13.8. The molecule has 0 heterocycles. The lowest BCUT2D eigenvalue weighted by molar-refractivity contribution is -0.120. The number of halogens is 2. The molecule has 0 aliphatic carbocycles. The van der Waals surface area contributed by atoms with Gasteiger partial charge in [-0.3, -0.25) is 4.79 Å². The van der Waals surface area contributed by atoms with E-state index in [4.69, 9.17) is 15.6 Å². The highest BCUT2D eigenvalue weighted by Crippen LogP contribution is 2.18. The molecular weight excluding hydrogens is 404 g/mol. The van der Waals surface area contributed by atoms with Gasteiger partial charge in [-0.15, -0.1) is 0 Å². The average Bonchev–Trinajstić information content (AvgIpc) is 2.58. The van der Waals surface area contributed by atoms with Crippen LogP contribution in [0.25, 0.3) is 0 Å². The largest absolute Gasteiger partial charge is 0.478 e. The summed E-state index contributed by atoms with van der Waals surface area (Å²) in [6.45, 7) is 4.98. The highest BCUT2D eigenvalue weighted by molar-refractivity contribution is 5.90. The maximum Gasteiger partial charge on any atom is 0.408 e. The fourth-order valence-corrected chi connectivity index (χ4v) is 2.47. The Morgan fingerprint density at radius 1 is 1.17 bits per heavy atom. The van der Waals surface area contributed by atoms with Crippen LogP contribution in [-0.4, -0.2) is 47.2 Å². The maximum absolute atomic E-state index is 14.1. The van der Waals surface area contributed by atoms with E-state index < -0.39 is 64.7 Å². The molecule has 0 fully saturated rings. The van der Waals surface area contributed by atoms with Gasteiger partial charge < -0.3 is 26.2 Å². The lowest BCUT2D eigenvalue weighted by Gasteiger charge is -2.23. The van der Waals surface area contributed by atoms with Crippen molar-refractivity contribution in [3.63, 3.8) is 0 Å². The zero-order valence-corrected chi connectivity index (χ0v) is 16.9. The molecule has 1 rings (SSSR count). The average molecular weight is 429 g/mol. The molecule has 0 saturated heterocycles. The number of carboxylic acids is 1. The van der Waals surface area contributed by atoms with E-state index in [1.165, 1.54) is 0 Å². The highest BCUT2D eigenvalue weighted by atomic mass is 19.1. The third-order valence-corrected chi connectivity index (χ3v) is 3.79. The van der Waals surface area contributed by atoms with Crippen molar-refractivity contribution >= 4 is 23.9 Å². The highest BCUT2D eigenvalue weighted by Gasteiger charge is 2.26. The van der Waals surface area contributed by atoms with Crippen LogP contribution in [-0.2, 0) is 16.0 Å². The first-order valence-corrected chi connectivity index (χ1v) is 9.07. The Balaban J connectivity index is 2.96. The van der Waals surface area contributed by atoms with Crippen molar-refractivity contribution in [2.45, 2.75) is 51.7 Å². The van der Waals surface area contributed by atoms with Crippen molar-refractivity contribution < 1.29 is 37.8 Å². The predicted molar refractivity (Wildman–Crippen MR) is 102 cm³/mol. The number of nitrogens with one attached hydrogen (secondary N) is 2. The van der Waals surface area contributed by atoms with Gasteiger partial charge in [-0.2, -0.15) is 0 Å². The minimum Gasteiger partial charge on any atom is -0.478 e. The molecule has 0 bridgehead atoms. The topological polar surface area (TPSA) is 148 Å². The first kappa shape index (κ1) is 24.8. The monoisotopic (exact) mass is 429 g/mol. The summed E-state index contributed by atoms with van der Waals surface area (Å²) in [6.07, 6.45) is -1.35. The Hall–Kier alpha value is -3.24. The Kier molecular flexibility index (Phi) is 8.69. The molecule has 11 heteroatoms. The molecule has 0 saturated carbocycles. The Morgan fingerprint density at radius 3 is 2.20 bits per heavy atom. The van der Waals surface area contributed by atoms with E-state index in [0.29, 0.717) is 12.1 Å². The van der Waals surface area contributed by atoms with Crippen LogP contribution in [0.1, 0.15) is 49.5 Å². The normalized spacial score (nSPS) is 12.0. The number of nitrogens with two attached hydrogens (primary N) is 1. The van der Waals surface area contributed by atoms with Gasteiger partial charge >= 0.3 is 18.1 Å². The molecule has 0 spiro atoms. The van der Waals surface area contributed by atoms with Gasteiger partial charge in [-0.05, 0) is 45.7 Å². The van der Waals surface area contributed by atoms with Gasteiger partial charge in [0.05, 0.1) is 11.6 Å². The van der Waals surface area contributed by atoms with Crippen LogP contribution in [0.3, 0.4) is 0 Å². The number of amides is 3. The summed E-state index contributed by atoms with van der Waals surface area (Å²) in [5.41, 5.74) is 2.91. The summed E-state index contributed by atoms with van der Waals surface area (Å²) in [5.74, 6) is -4.61. The zero-order valence-electron chi connectivity index (χ0n) is 16.9. The molecule has 0 aliphatic heterocycles. The minimum atomic E-state index is -1.52. The van der Waals surface area contributed by atoms with Crippen LogP contribution < -0.4 is 16.4 Å². The van der Waals surface area contributed by atoms with Gasteiger partial charge in [0.1, 0.15) is 17.2 Å². The fraction of sp³-hybridized carbons (Fsp3) is 0.474. The summed E-state index contributed by atoms with van der Waals surface area (Å²) in [5, 5.41) is 13.5. The third-order valence-electron chi connectivity index (χ3n) is 3.79. The number of urea groups is 1. The third kappa shape index (κ3) is 8.41. The number of carbonyl (C=O) groups is 4. The molecule has 0 aliphatic rings. The first-order valence-electron chi connectivity index (χ1n) is 9.07. The van der Waals surface area contributed by atoms with Crippen molar-refractivity contribution in [3.8, 4) is 0 Å². The zero-order chi connectivity index (χ0) is 23.1. The lowest BCUT2D eigenvalue weighted by Crippen LogP contribution is -2.44. The molecule has 1 aromatic rings.